The van der Waals surface area contributed by atoms with Gasteiger partial charge in [0.15, 0.2) is 0 Å². The summed E-state index contributed by atoms with van der Waals surface area (Å²) in [4.78, 5) is 25.9. The zero-order valence-corrected chi connectivity index (χ0v) is 36.3. The molecular formula is C49H89NO5. The third kappa shape index (κ3) is 38.5. The molecular weight excluding hydrogens is 683 g/mol. The summed E-state index contributed by atoms with van der Waals surface area (Å²) < 4.78 is 5.87. The Labute approximate surface area is 340 Å². The van der Waals surface area contributed by atoms with Gasteiger partial charge in [0, 0.05) is 6.42 Å². The number of carbonyl (C=O) groups is 2. The van der Waals surface area contributed by atoms with Crippen LogP contribution in [-0.4, -0.2) is 46.9 Å². The number of aliphatic hydroxyl groups is 2. The molecule has 0 radical (unpaired) electrons. The molecule has 0 bridgehead atoms. The molecule has 320 valence electrons. The van der Waals surface area contributed by atoms with Crippen LogP contribution in [0.5, 0.6) is 0 Å². The highest BCUT2D eigenvalue weighted by Crippen LogP contribution is 2.16. The Bertz CT molecular complexity index is 957. The third-order valence-electron chi connectivity index (χ3n) is 10.4. The maximum atomic E-state index is 13.1. The van der Waals surface area contributed by atoms with E-state index in [1.807, 2.05) is 0 Å². The number of ether oxygens (including phenoxy) is 1. The van der Waals surface area contributed by atoms with Gasteiger partial charge in [0.2, 0.25) is 5.91 Å². The maximum Gasteiger partial charge on any atom is 0.306 e. The average Bonchev–Trinajstić information content (AvgIpc) is 3.18. The lowest BCUT2D eigenvalue weighted by Gasteiger charge is -2.24. The molecule has 0 heterocycles. The Morgan fingerprint density at radius 3 is 1.44 bits per heavy atom. The molecule has 3 unspecified atom stereocenters. The van der Waals surface area contributed by atoms with E-state index in [0.29, 0.717) is 19.3 Å². The van der Waals surface area contributed by atoms with E-state index in [1.165, 1.54) is 109 Å². The molecule has 0 saturated heterocycles. The van der Waals surface area contributed by atoms with Gasteiger partial charge < -0.3 is 20.3 Å². The molecule has 0 aromatic heterocycles. The molecule has 6 heteroatoms. The fraction of sp³-hybridized carbons (Fsp3) is 0.796. The number of esters is 1. The van der Waals surface area contributed by atoms with Crippen molar-refractivity contribution in [1.29, 1.82) is 0 Å². The minimum Gasteiger partial charge on any atom is -0.462 e. The van der Waals surface area contributed by atoms with Gasteiger partial charge in [-0.15, -0.1) is 0 Å². The van der Waals surface area contributed by atoms with Gasteiger partial charge in [-0.05, 0) is 64.2 Å². The minimum absolute atomic E-state index is 0.0413. The van der Waals surface area contributed by atoms with Crippen LogP contribution in [0.25, 0.3) is 0 Å². The molecule has 0 rings (SSSR count). The standard InChI is InChI=1S/C49H89NO5/c1-4-7-10-13-16-19-21-22-23-24-25-26-27-29-31-34-37-40-45(55-49(54)42-39-36-33-30-20-17-14-11-8-5-2)43-48(53)50-46(44-51)47(52)41-38-35-32-28-18-15-12-9-6-3/h16,19,22-23,25-26,29,31,45-47,51-52H,4-15,17-18,20-21,24,27-28,30,32-44H2,1-3H3,(H,50,53)/b19-16-,23-22-,26-25-,31-29-. The number of carbonyl (C=O) groups excluding carboxylic acids is 2. The van der Waals surface area contributed by atoms with Crippen LogP contribution in [0.3, 0.4) is 0 Å². The molecule has 0 aliphatic rings. The first-order valence-corrected chi connectivity index (χ1v) is 23.4. The predicted octanol–water partition coefficient (Wildman–Crippen LogP) is 13.5. The van der Waals surface area contributed by atoms with Crippen LogP contribution in [0.15, 0.2) is 48.6 Å². The van der Waals surface area contributed by atoms with Crippen molar-refractivity contribution in [1.82, 2.24) is 5.32 Å². The van der Waals surface area contributed by atoms with Crippen LogP contribution in [0.4, 0.5) is 0 Å². The van der Waals surface area contributed by atoms with Crippen LogP contribution < -0.4 is 5.32 Å². The molecule has 1 amide bonds. The summed E-state index contributed by atoms with van der Waals surface area (Å²) in [5.74, 6) is -0.529. The predicted molar refractivity (Wildman–Crippen MR) is 236 cm³/mol. The Morgan fingerprint density at radius 1 is 0.527 bits per heavy atom. The number of amides is 1. The first-order valence-electron chi connectivity index (χ1n) is 23.4. The van der Waals surface area contributed by atoms with Crippen molar-refractivity contribution < 1.29 is 24.5 Å². The smallest absolute Gasteiger partial charge is 0.306 e. The fourth-order valence-corrected chi connectivity index (χ4v) is 6.83. The maximum absolute atomic E-state index is 13.1. The zero-order chi connectivity index (χ0) is 40.3. The van der Waals surface area contributed by atoms with Gasteiger partial charge in [-0.3, -0.25) is 9.59 Å². The molecule has 0 aliphatic carbocycles. The summed E-state index contributed by atoms with van der Waals surface area (Å²) in [6.45, 7) is 6.39. The average molecular weight is 772 g/mol. The van der Waals surface area contributed by atoms with E-state index in [2.05, 4.69) is 74.7 Å². The lowest BCUT2D eigenvalue weighted by molar-refractivity contribution is -0.151. The van der Waals surface area contributed by atoms with Gasteiger partial charge in [0.05, 0.1) is 25.2 Å². The van der Waals surface area contributed by atoms with Crippen LogP contribution >= 0.6 is 0 Å². The zero-order valence-electron chi connectivity index (χ0n) is 36.3. The van der Waals surface area contributed by atoms with E-state index in [0.717, 1.165) is 70.6 Å². The second-order valence-electron chi connectivity index (χ2n) is 15.8. The first-order chi connectivity index (χ1) is 27.0. The summed E-state index contributed by atoms with van der Waals surface area (Å²) in [5.41, 5.74) is 0. The van der Waals surface area contributed by atoms with Gasteiger partial charge in [-0.2, -0.15) is 0 Å². The van der Waals surface area contributed by atoms with Gasteiger partial charge in [0.1, 0.15) is 6.10 Å². The minimum atomic E-state index is -0.798. The highest BCUT2D eigenvalue weighted by molar-refractivity contribution is 5.77. The topological polar surface area (TPSA) is 95.9 Å². The van der Waals surface area contributed by atoms with Crippen molar-refractivity contribution in [3.63, 3.8) is 0 Å². The molecule has 55 heavy (non-hydrogen) atoms. The number of hydrogen-bond donors (Lipinski definition) is 3. The van der Waals surface area contributed by atoms with Crippen molar-refractivity contribution in [3.05, 3.63) is 48.6 Å². The Hall–Kier alpha value is -2.18. The fourth-order valence-electron chi connectivity index (χ4n) is 6.83. The van der Waals surface area contributed by atoms with Gasteiger partial charge in [-0.25, -0.2) is 0 Å². The Balaban J connectivity index is 4.71. The van der Waals surface area contributed by atoms with Gasteiger partial charge in [0.25, 0.3) is 0 Å². The summed E-state index contributed by atoms with van der Waals surface area (Å²) in [7, 11) is 0. The number of aliphatic hydroxyl groups excluding tert-OH is 2. The van der Waals surface area contributed by atoms with E-state index in [4.69, 9.17) is 4.74 Å². The van der Waals surface area contributed by atoms with E-state index in [9.17, 15) is 19.8 Å². The lowest BCUT2D eigenvalue weighted by atomic mass is 10.0. The molecule has 3 N–H and O–H groups in total. The largest absolute Gasteiger partial charge is 0.462 e. The molecule has 0 aromatic rings. The van der Waals surface area contributed by atoms with Crippen LogP contribution in [0.1, 0.15) is 226 Å². The highest BCUT2D eigenvalue weighted by atomic mass is 16.5. The number of rotatable bonds is 41. The van der Waals surface area contributed by atoms with Crippen molar-refractivity contribution in [2.24, 2.45) is 0 Å². The van der Waals surface area contributed by atoms with Crippen molar-refractivity contribution in [3.8, 4) is 0 Å². The van der Waals surface area contributed by atoms with Crippen molar-refractivity contribution >= 4 is 11.9 Å². The number of hydrogen-bond acceptors (Lipinski definition) is 5. The Morgan fingerprint density at radius 2 is 0.945 bits per heavy atom. The third-order valence-corrected chi connectivity index (χ3v) is 10.4. The van der Waals surface area contributed by atoms with Crippen LogP contribution in [0.2, 0.25) is 0 Å². The monoisotopic (exact) mass is 772 g/mol. The van der Waals surface area contributed by atoms with E-state index < -0.39 is 18.2 Å². The molecule has 0 saturated carbocycles. The number of allylic oxidation sites excluding steroid dienone is 8. The highest BCUT2D eigenvalue weighted by Gasteiger charge is 2.24. The van der Waals surface area contributed by atoms with Crippen molar-refractivity contribution in [2.45, 2.75) is 244 Å². The summed E-state index contributed by atoms with van der Waals surface area (Å²) in [5, 5.41) is 23.6. The van der Waals surface area contributed by atoms with Crippen molar-refractivity contribution in [2.75, 3.05) is 6.61 Å². The normalized spacial score (nSPS) is 13.8. The first kappa shape index (κ1) is 52.8. The molecule has 0 spiro atoms. The molecule has 0 fully saturated rings. The van der Waals surface area contributed by atoms with E-state index >= 15 is 0 Å². The van der Waals surface area contributed by atoms with E-state index in [-0.39, 0.29) is 24.9 Å². The molecule has 0 aromatic carbocycles. The molecule has 3 atom stereocenters. The second kappa shape index (κ2) is 43.0. The van der Waals surface area contributed by atoms with Crippen LogP contribution in [0, 0.1) is 0 Å². The summed E-state index contributed by atoms with van der Waals surface area (Å²) in [6.07, 6.45) is 50.3. The number of unbranched alkanes of at least 4 members (excludes halogenated alkanes) is 21. The number of nitrogens with one attached hydrogen (secondary N) is 1. The second-order valence-corrected chi connectivity index (χ2v) is 15.8. The molecule has 0 aliphatic heterocycles. The quantitative estimate of drug-likeness (QED) is 0.0327. The van der Waals surface area contributed by atoms with E-state index in [1.54, 1.807) is 0 Å². The van der Waals surface area contributed by atoms with Gasteiger partial charge in [-0.1, -0.05) is 198 Å². The Kier molecular flexibility index (Phi) is 41.2. The summed E-state index contributed by atoms with van der Waals surface area (Å²) in [6, 6.07) is -0.715. The van der Waals surface area contributed by atoms with Gasteiger partial charge >= 0.3 is 5.97 Å². The summed E-state index contributed by atoms with van der Waals surface area (Å²) >= 11 is 0. The molecule has 6 nitrogen and oxygen atoms in total. The van der Waals surface area contributed by atoms with Crippen LogP contribution in [-0.2, 0) is 14.3 Å². The lowest BCUT2D eigenvalue weighted by Crippen LogP contribution is -2.46. The SMILES string of the molecule is CCCCC/C=C\C/C=C\C/C=C\C/C=C\CCCC(CC(=O)NC(CO)C(O)CCCCCCCCCCC)OC(=O)CCCCCCCCCCCC.